The van der Waals surface area contributed by atoms with Gasteiger partial charge < -0.3 is 14.6 Å². The predicted molar refractivity (Wildman–Crippen MR) is 90.9 cm³/mol. The Hall–Kier alpha value is -3.16. The molecule has 0 atom stereocenters. The first-order valence-electron chi connectivity index (χ1n) is 8.22. The number of anilines is 1. The number of nitrogens with one attached hydrogen (secondary N) is 2. The number of aromatic nitrogens is 4. The molecular weight excluding hydrogens is 320 g/mol. The summed E-state index contributed by atoms with van der Waals surface area (Å²) >= 11 is 0. The van der Waals surface area contributed by atoms with Crippen molar-refractivity contribution < 1.29 is 9.21 Å². The fraction of sp³-hybridized carbons (Fsp3) is 0.294. The van der Waals surface area contributed by atoms with Crippen LogP contribution in [0.15, 0.2) is 34.9 Å². The van der Waals surface area contributed by atoms with Gasteiger partial charge in [0.2, 0.25) is 0 Å². The standard InChI is InChI=1S/C17H18N6O2/c1-2-18-16-8-11-10-23(6-5-12(11)19-22-16)17(24)14-9-13(20-21-14)15-4-3-7-25-15/h3-4,7-9H,2,5-6,10H2,1H3,(H,18,22)(H,20,21). The van der Waals surface area contributed by atoms with Gasteiger partial charge in [-0.05, 0) is 30.7 Å². The van der Waals surface area contributed by atoms with E-state index in [1.54, 1.807) is 23.3 Å². The van der Waals surface area contributed by atoms with Crippen molar-refractivity contribution in [2.45, 2.75) is 19.9 Å². The van der Waals surface area contributed by atoms with Crippen LogP contribution in [0.3, 0.4) is 0 Å². The Kier molecular flexibility index (Phi) is 3.93. The second-order valence-corrected chi connectivity index (χ2v) is 5.85. The summed E-state index contributed by atoms with van der Waals surface area (Å²) in [7, 11) is 0. The molecule has 0 saturated carbocycles. The third kappa shape index (κ3) is 2.98. The average molecular weight is 338 g/mol. The number of furan rings is 1. The molecule has 1 amide bonds. The Morgan fingerprint density at radius 2 is 2.32 bits per heavy atom. The lowest BCUT2D eigenvalue weighted by Crippen LogP contribution is -2.36. The maximum absolute atomic E-state index is 12.8. The second-order valence-electron chi connectivity index (χ2n) is 5.85. The van der Waals surface area contributed by atoms with E-state index in [9.17, 15) is 4.79 Å². The highest BCUT2D eigenvalue weighted by Crippen LogP contribution is 2.22. The summed E-state index contributed by atoms with van der Waals surface area (Å²) < 4.78 is 5.32. The van der Waals surface area contributed by atoms with E-state index >= 15 is 0 Å². The van der Waals surface area contributed by atoms with Crippen molar-refractivity contribution in [3.05, 3.63) is 47.5 Å². The maximum Gasteiger partial charge on any atom is 0.274 e. The molecule has 0 radical (unpaired) electrons. The Labute approximate surface area is 144 Å². The lowest BCUT2D eigenvalue weighted by Gasteiger charge is -2.27. The highest BCUT2D eigenvalue weighted by atomic mass is 16.3. The predicted octanol–water partition coefficient (Wildman–Crippen LogP) is 2.09. The molecule has 0 unspecified atom stereocenters. The van der Waals surface area contributed by atoms with Gasteiger partial charge in [0.05, 0.1) is 12.0 Å². The van der Waals surface area contributed by atoms with Gasteiger partial charge in [0, 0.05) is 32.1 Å². The van der Waals surface area contributed by atoms with Crippen molar-refractivity contribution in [1.82, 2.24) is 25.3 Å². The van der Waals surface area contributed by atoms with Gasteiger partial charge in [-0.2, -0.15) is 10.2 Å². The van der Waals surface area contributed by atoms with Crippen LogP contribution in [0.25, 0.3) is 11.5 Å². The van der Waals surface area contributed by atoms with Crippen molar-refractivity contribution in [2.75, 3.05) is 18.4 Å². The van der Waals surface area contributed by atoms with Gasteiger partial charge in [-0.3, -0.25) is 9.89 Å². The molecule has 0 bridgehead atoms. The van der Waals surface area contributed by atoms with Crippen LogP contribution in [0.1, 0.15) is 28.7 Å². The first-order valence-corrected chi connectivity index (χ1v) is 8.22. The van der Waals surface area contributed by atoms with E-state index in [2.05, 4.69) is 25.7 Å². The topological polar surface area (TPSA) is 99.9 Å². The highest BCUT2D eigenvalue weighted by molar-refractivity contribution is 5.93. The molecule has 4 rings (SSSR count). The molecule has 128 valence electrons. The van der Waals surface area contributed by atoms with E-state index in [4.69, 9.17) is 4.42 Å². The number of hydrogen-bond donors (Lipinski definition) is 2. The maximum atomic E-state index is 12.8. The molecule has 0 fully saturated rings. The van der Waals surface area contributed by atoms with Gasteiger partial charge in [-0.15, -0.1) is 5.10 Å². The van der Waals surface area contributed by atoms with Gasteiger partial charge in [0.15, 0.2) is 11.5 Å². The normalized spacial score (nSPS) is 13.6. The molecule has 1 aliphatic rings. The van der Waals surface area contributed by atoms with Gasteiger partial charge in [-0.25, -0.2) is 0 Å². The lowest BCUT2D eigenvalue weighted by atomic mass is 10.1. The Balaban J connectivity index is 1.53. The van der Waals surface area contributed by atoms with Crippen LogP contribution >= 0.6 is 0 Å². The van der Waals surface area contributed by atoms with Crippen LogP contribution in [0.5, 0.6) is 0 Å². The third-order valence-electron chi connectivity index (χ3n) is 4.17. The molecule has 0 aliphatic carbocycles. The van der Waals surface area contributed by atoms with E-state index in [0.29, 0.717) is 36.7 Å². The number of carbonyl (C=O) groups is 1. The number of aromatic amines is 1. The minimum absolute atomic E-state index is 0.110. The molecule has 3 aromatic rings. The molecule has 25 heavy (non-hydrogen) atoms. The molecule has 1 aliphatic heterocycles. The van der Waals surface area contributed by atoms with Gasteiger partial charge >= 0.3 is 0 Å². The molecule has 0 spiro atoms. The van der Waals surface area contributed by atoms with Crippen molar-refractivity contribution in [1.29, 1.82) is 0 Å². The van der Waals surface area contributed by atoms with Crippen molar-refractivity contribution in [3.8, 4) is 11.5 Å². The van der Waals surface area contributed by atoms with Crippen molar-refractivity contribution in [3.63, 3.8) is 0 Å². The minimum atomic E-state index is -0.110. The molecule has 8 nitrogen and oxygen atoms in total. The van der Waals surface area contributed by atoms with Crippen LogP contribution in [0.2, 0.25) is 0 Å². The van der Waals surface area contributed by atoms with E-state index in [1.807, 2.05) is 19.1 Å². The van der Waals surface area contributed by atoms with Crippen LogP contribution < -0.4 is 5.32 Å². The summed E-state index contributed by atoms with van der Waals surface area (Å²) in [5.74, 6) is 1.28. The summed E-state index contributed by atoms with van der Waals surface area (Å²) in [6, 6.07) is 7.29. The van der Waals surface area contributed by atoms with Crippen molar-refractivity contribution in [2.24, 2.45) is 0 Å². The number of carbonyl (C=O) groups excluding carboxylic acids is 1. The minimum Gasteiger partial charge on any atom is -0.463 e. The Morgan fingerprint density at radius 3 is 3.12 bits per heavy atom. The Morgan fingerprint density at radius 1 is 1.40 bits per heavy atom. The summed E-state index contributed by atoms with van der Waals surface area (Å²) in [5, 5.41) is 18.5. The number of H-pyrrole nitrogens is 1. The van der Waals surface area contributed by atoms with Crippen LogP contribution in [-0.4, -0.2) is 44.3 Å². The molecule has 2 N–H and O–H groups in total. The first-order chi connectivity index (χ1) is 12.2. The number of rotatable bonds is 4. The molecule has 8 heteroatoms. The fourth-order valence-electron chi connectivity index (χ4n) is 2.92. The van der Waals surface area contributed by atoms with E-state index in [0.717, 1.165) is 23.6 Å². The third-order valence-corrected chi connectivity index (χ3v) is 4.17. The number of nitrogens with zero attached hydrogens (tertiary/aromatic N) is 4. The quantitative estimate of drug-likeness (QED) is 0.755. The van der Waals surface area contributed by atoms with Gasteiger partial charge in [-0.1, -0.05) is 0 Å². The molecule has 0 aromatic carbocycles. The van der Waals surface area contributed by atoms with Crippen LogP contribution in [0.4, 0.5) is 5.82 Å². The van der Waals surface area contributed by atoms with E-state index in [1.165, 1.54) is 0 Å². The molecule has 3 aromatic heterocycles. The monoisotopic (exact) mass is 338 g/mol. The number of amides is 1. The van der Waals surface area contributed by atoms with Crippen molar-refractivity contribution >= 4 is 11.7 Å². The average Bonchev–Trinajstić information content (AvgIpc) is 3.32. The zero-order valence-corrected chi connectivity index (χ0v) is 13.8. The fourth-order valence-corrected chi connectivity index (χ4v) is 2.92. The SMILES string of the molecule is CCNc1cc2c(nn1)CCN(C(=O)c1cc(-c3ccco3)[nH]n1)C2. The number of hydrogen-bond acceptors (Lipinski definition) is 6. The summed E-state index contributed by atoms with van der Waals surface area (Å²) in [4.78, 5) is 14.5. The van der Waals surface area contributed by atoms with E-state index in [-0.39, 0.29) is 5.91 Å². The molecule has 4 heterocycles. The molecule has 0 saturated heterocycles. The molecular formula is C17H18N6O2. The van der Waals surface area contributed by atoms with Gasteiger partial charge in [0.1, 0.15) is 11.5 Å². The van der Waals surface area contributed by atoms with E-state index < -0.39 is 0 Å². The number of fused-ring (bicyclic) bond motifs is 1. The summed E-state index contributed by atoms with van der Waals surface area (Å²) in [6.45, 7) is 3.89. The first kappa shape index (κ1) is 15.4. The zero-order chi connectivity index (χ0) is 17.2. The van der Waals surface area contributed by atoms with Crippen LogP contribution in [-0.2, 0) is 13.0 Å². The zero-order valence-electron chi connectivity index (χ0n) is 13.8. The largest absolute Gasteiger partial charge is 0.463 e. The smallest absolute Gasteiger partial charge is 0.274 e. The lowest BCUT2D eigenvalue weighted by molar-refractivity contribution is 0.0727. The summed E-state index contributed by atoms with van der Waals surface area (Å²) in [6.07, 6.45) is 2.28. The summed E-state index contributed by atoms with van der Waals surface area (Å²) in [5.41, 5.74) is 3.03. The Bertz CT molecular complexity index is 886. The van der Waals surface area contributed by atoms with Crippen LogP contribution in [0, 0.1) is 0 Å². The second kappa shape index (κ2) is 6.39. The van der Waals surface area contributed by atoms with Gasteiger partial charge in [0.25, 0.3) is 5.91 Å². The highest BCUT2D eigenvalue weighted by Gasteiger charge is 2.25.